The van der Waals surface area contributed by atoms with Gasteiger partial charge in [-0.05, 0) is 55.2 Å². The van der Waals surface area contributed by atoms with Gasteiger partial charge in [-0.3, -0.25) is 0 Å². The number of hydrogen-bond donors (Lipinski definition) is 1. The fourth-order valence-electron chi connectivity index (χ4n) is 2.08. The van der Waals surface area contributed by atoms with Crippen molar-refractivity contribution in [2.24, 2.45) is 5.73 Å². The van der Waals surface area contributed by atoms with Crippen molar-refractivity contribution >= 4 is 0 Å². The second-order valence-corrected chi connectivity index (χ2v) is 5.21. The maximum absolute atomic E-state index is 5.83. The summed E-state index contributed by atoms with van der Waals surface area (Å²) in [4.78, 5) is 0. The second-order valence-electron chi connectivity index (χ2n) is 5.21. The average Bonchev–Trinajstić information content (AvgIpc) is 2.47. The number of ether oxygens (including phenoxy) is 1. The van der Waals surface area contributed by atoms with Crippen molar-refractivity contribution < 1.29 is 4.74 Å². The molecule has 2 nitrogen and oxygen atoms in total. The molecule has 20 heavy (non-hydrogen) atoms. The highest BCUT2D eigenvalue weighted by Crippen LogP contribution is 2.23. The fourth-order valence-corrected chi connectivity index (χ4v) is 2.08. The molecule has 0 fully saturated rings. The van der Waals surface area contributed by atoms with Crippen molar-refractivity contribution in [3.63, 3.8) is 0 Å². The van der Waals surface area contributed by atoms with Crippen molar-refractivity contribution in [3.05, 3.63) is 59.7 Å². The van der Waals surface area contributed by atoms with Crippen LogP contribution in [0.3, 0.4) is 0 Å². The summed E-state index contributed by atoms with van der Waals surface area (Å²) < 4.78 is 5.83. The zero-order valence-electron chi connectivity index (χ0n) is 12.3. The van der Waals surface area contributed by atoms with Gasteiger partial charge in [0.05, 0.1) is 0 Å². The summed E-state index contributed by atoms with van der Waals surface area (Å²) >= 11 is 0. The quantitative estimate of drug-likeness (QED) is 0.814. The summed E-state index contributed by atoms with van der Waals surface area (Å²) in [5.41, 5.74) is 8.32. The predicted molar refractivity (Wildman–Crippen MR) is 84.2 cm³/mol. The summed E-state index contributed by atoms with van der Waals surface area (Å²) in [5.74, 6) is 1.72. The maximum atomic E-state index is 5.83. The van der Waals surface area contributed by atoms with E-state index in [4.69, 9.17) is 10.5 Å². The Kier molecular flexibility index (Phi) is 5.19. The van der Waals surface area contributed by atoms with Gasteiger partial charge in [0.1, 0.15) is 11.5 Å². The van der Waals surface area contributed by atoms with Gasteiger partial charge in [0.2, 0.25) is 0 Å². The predicted octanol–water partition coefficient (Wildman–Crippen LogP) is 4.84. The largest absolute Gasteiger partial charge is 0.457 e. The molecule has 0 unspecified atom stereocenters. The van der Waals surface area contributed by atoms with Crippen LogP contribution in [0.5, 0.6) is 11.5 Å². The first-order chi connectivity index (χ1) is 9.69. The summed E-state index contributed by atoms with van der Waals surface area (Å²) in [6, 6.07) is 16.3. The molecule has 2 N–H and O–H groups in total. The minimum atomic E-state index is 0.0573. The zero-order chi connectivity index (χ0) is 14.4. The SMILES string of the molecule is CCCCc1ccc(Oc2ccc([C@H](C)N)cc2)cc1. The summed E-state index contributed by atoms with van der Waals surface area (Å²) in [6.45, 7) is 4.19. The third kappa shape index (κ3) is 4.10. The van der Waals surface area contributed by atoms with E-state index in [-0.39, 0.29) is 6.04 Å². The third-order valence-electron chi connectivity index (χ3n) is 3.38. The summed E-state index contributed by atoms with van der Waals surface area (Å²) in [6.07, 6.45) is 3.60. The Labute approximate surface area is 121 Å². The van der Waals surface area contributed by atoms with Crippen LogP contribution in [0.2, 0.25) is 0 Å². The molecule has 0 spiro atoms. The van der Waals surface area contributed by atoms with Crippen molar-refractivity contribution in [2.75, 3.05) is 0 Å². The molecule has 1 atom stereocenters. The molecule has 0 radical (unpaired) electrons. The minimum absolute atomic E-state index is 0.0573. The number of unbranched alkanes of at least 4 members (excludes halogenated alkanes) is 1. The van der Waals surface area contributed by atoms with Crippen LogP contribution in [0.25, 0.3) is 0 Å². The lowest BCUT2D eigenvalue weighted by Crippen LogP contribution is -2.04. The standard InChI is InChI=1S/C18H23NO/c1-3-4-5-15-6-10-17(11-7-15)20-18-12-8-16(9-13-18)14(2)19/h6-14H,3-5,19H2,1-2H3/t14-/m0/s1. The summed E-state index contributed by atoms with van der Waals surface area (Å²) in [5, 5.41) is 0. The van der Waals surface area contributed by atoms with E-state index in [0.717, 1.165) is 23.5 Å². The van der Waals surface area contributed by atoms with Crippen LogP contribution in [0.1, 0.15) is 43.9 Å². The Balaban J connectivity index is 1.98. The molecule has 2 aromatic rings. The number of rotatable bonds is 6. The van der Waals surface area contributed by atoms with Crippen LogP contribution < -0.4 is 10.5 Å². The van der Waals surface area contributed by atoms with E-state index in [0.29, 0.717) is 0 Å². The highest BCUT2D eigenvalue weighted by atomic mass is 16.5. The normalized spacial score (nSPS) is 12.2. The van der Waals surface area contributed by atoms with E-state index >= 15 is 0 Å². The van der Waals surface area contributed by atoms with Gasteiger partial charge in [0.15, 0.2) is 0 Å². The van der Waals surface area contributed by atoms with Crippen LogP contribution in [0, 0.1) is 0 Å². The van der Waals surface area contributed by atoms with Gasteiger partial charge < -0.3 is 10.5 Å². The van der Waals surface area contributed by atoms with Gasteiger partial charge in [-0.1, -0.05) is 37.6 Å². The molecule has 2 rings (SSSR count). The van der Waals surface area contributed by atoms with Gasteiger partial charge >= 0.3 is 0 Å². The minimum Gasteiger partial charge on any atom is -0.457 e. The van der Waals surface area contributed by atoms with Crippen LogP contribution in [-0.4, -0.2) is 0 Å². The first kappa shape index (κ1) is 14.6. The number of hydrogen-bond acceptors (Lipinski definition) is 2. The van der Waals surface area contributed by atoms with Crippen molar-refractivity contribution in [2.45, 2.75) is 39.2 Å². The fraction of sp³-hybridized carbons (Fsp3) is 0.333. The lowest BCUT2D eigenvalue weighted by molar-refractivity contribution is 0.482. The molecule has 0 saturated carbocycles. The first-order valence-electron chi connectivity index (χ1n) is 7.31. The lowest BCUT2D eigenvalue weighted by Gasteiger charge is -2.09. The molecule has 106 valence electrons. The van der Waals surface area contributed by atoms with Gasteiger partial charge in [0.25, 0.3) is 0 Å². The Morgan fingerprint density at radius 1 is 0.950 bits per heavy atom. The summed E-state index contributed by atoms with van der Waals surface area (Å²) in [7, 11) is 0. The maximum Gasteiger partial charge on any atom is 0.127 e. The lowest BCUT2D eigenvalue weighted by atomic mass is 10.1. The van der Waals surface area contributed by atoms with E-state index in [2.05, 4.69) is 19.1 Å². The smallest absolute Gasteiger partial charge is 0.127 e. The van der Waals surface area contributed by atoms with E-state index < -0.39 is 0 Å². The third-order valence-corrected chi connectivity index (χ3v) is 3.38. The average molecular weight is 269 g/mol. The van der Waals surface area contributed by atoms with Crippen LogP contribution >= 0.6 is 0 Å². The van der Waals surface area contributed by atoms with Crippen molar-refractivity contribution in [3.8, 4) is 11.5 Å². The van der Waals surface area contributed by atoms with E-state index in [1.807, 2.05) is 43.3 Å². The molecule has 0 aliphatic carbocycles. The monoisotopic (exact) mass is 269 g/mol. The Bertz CT molecular complexity index is 514. The van der Waals surface area contributed by atoms with Gasteiger partial charge in [-0.25, -0.2) is 0 Å². The zero-order valence-corrected chi connectivity index (χ0v) is 12.3. The topological polar surface area (TPSA) is 35.2 Å². The van der Waals surface area contributed by atoms with Gasteiger partial charge in [-0.2, -0.15) is 0 Å². The van der Waals surface area contributed by atoms with E-state index in [1.165, 1.54) is 18.4 Å². The molecule has 0 saturated heterocycles. The number of benzene rings is 2. The van der Waals surface area contributed by atoms with E-state index in [1.54, 1.807) is 0 Å². The Morgan fingerprint density at radius 2 is 1.50 bits per heavy atom. The first-order valence-corrected chi connectivity index (χ1v) is 7.31. The Morgan fingerprint density at radius 3 is 2.00 bits per heavy atom. The van der Waals surface area contributed by atoms with Crippen LogP contribution in [0.15, 0.2) is 48.5 Å². The van der Waals surface area contributed by atoms with Crippen LogP contribution in [-0.2, 0) is 6.42 Å². The van der Waals surface area contributed by atoms with Gasteiger partial charge in [0, 0.05) is 6.04 Å². The van der Waals surface area contributed by atoms with Crippen molar-refractivity contribution in [1.29, 1.82) is 0 Å². The molecule has 0 aromatic heterocycles. The molecular formula is C18H23NO. The molecule has 0 aliphatic rings. The Hall–Kier alpha value is -1.80. The molecule has 2 aromatic carbocycles. The molecule has 2 heteroatoms. The molecule has 0 aliphatic heterocycles. The number of nitrogens with two attached hydrogens (primary N) is 1. The van der Waals surface area contributed by atoms with Crippen LogP contribution in [0.4, 0.5) is 0 Å². The second kappa shape index (κ2) is 7.11. The molecular weight excluding hydrogens is 246 g/mol. The molecule has 0 heterocycles. The highest BCUT2D eigenvalue weighted by molar-refractivity contribution is 5.35. The van der Waals surface area contributed by atoms with Gasteiger partial charge in [-0.15, -0.1) is 0 Å². The number of aryl methyl sites for hydroxylation is 1. The molecule has 0 amide bonds. The van der Waals surface area contributed by atoms with Crippen molar-refractivity contribution in [1.82, 2.24) is 0 Å². The van der Waals surface area contributed by atoms with E-state index in [9.17, 15) is 0 Å². The molecule has 0 bridgehead atoms. The highest BCUT2D eigenvalue weighted by Gasteiger charge is 2.01.